The Kier molecular flexibility index (Phi) is 5.17. The summed E-state index contributed by atoms with van der Waals surface area (Å²) in [7, 11) is 0. The van der Waals surface area contributed by atoms with Crippen LogP contribution in [0.25, 0.3) is 0 Å². The Hall–Kier alpha value is -1.89. The van der Waals surface area contributed by atoms with E-state index in [1.165, 1.54) is 13.8 Å². The van der Waals surface area contributed by atoms with Crippen molar-refractivity contribution in [1.29, 1.82) is 0 Å². The van der Waals surface area contributed by atoms with E-state index in [-0.39, 0.29) is 5.57 Å². The van der Waals surface area contributed by atoms with Crippen molar-refractivity contribution in [3.05, 3.63) is 11.6 Å². The Bertz CT molecular complexity index is 335. The summed E-state index contributed by atoms with van der Waals surface area (Å²) in [5.41, 5.74) is 5.06. The second-order valence-electron chi connectivity index (χ2n) is 3.14. The van der Waals surface area contributed by atoms with Crippen LogP contribution in [0.3, 0.4) is 0 Å². The van der Waals surface area contributed by atoms with E-state index in [4.69, 9.17) is 15.9 Å². The monoisotopic (exact) mass is 231 g/mol. The summed E-state index contributed by atoms with van der Waals surface area (Å²) in [6.07, 6.45) is -0.372. The molecular formula is C9H13NO6. The molecular weight excluding hydrogens is 218 g/mol. The van der Waals surface area contributed by atoms with Crippen LogP contribution in [0, 0.1) is 0 Å². The second-order valence-corrected chi connectivity index (χ2v) is 3.14. The van der Waals surface area contributed by atoms with Crippen molar-refractivity contribution in [3.8, 4) is 0 Å². The van der Waals surface area contributed by atoms with Gasteiger partial charge in [0.25, 0.3) is 0 Å². The molecule has 0 aliphatic rings. The highest BCUT2D eigenvalue weighted by molar-refractivity contribution is 5.95. The van der Waals surface area contributed by atoms with Gasteiger partial charge in [-0.1, -0.05) is 0 Å². The molecule has 0 heterocycles. The maximum Gasteiger partial charge on any atom is 0.334 e. The van der Waals surface area contributed by atoms with E-state index in [9.17, 15) is 14.4 Å². The third-order valence-corrected chi connectivity index (χ3v) is 1.75. The predicted molar refractivity (Wildman–Crippen MR) is 52.6 cm³/mol. The minimum atomic E-state index is -1.35. The van der Waals surface area contributed by atoms with Crippen LogP contribution < -0.4 is 5.73 Å². The first-order valence-corrected chi connectivity index (χ1v) is 4.36. The average Bonchev–Trinajstić information content (AvgIpc) is 2.14. The van der Waals surface area contributed by atoms with Gasteiger partial charge in [0.05, 0.1) is 0 Å². The van der Waals surface area contributed by atoms with Gasteiger partial charge in [0.1, 0.15) is 12.1 Å². The third kappa shape index (κ3) is 4.56. The lowest BCUT2D eigenvalue weighted by molar-refractivity contribution is -0.150. The first-order chi connectivity index (χ1) is 7.25. The summed E-state index contributed by atoms with van der Waals surface area (Å²) in [6.45, 7) is 2.56. The van der Waals surface area contributed by atoms with Crippen LogP contribution in [0.4, 0.5) is 0 Å². The molecule has 0 aliphatic heterocycles. The van der Waals surface area contributed by atoms with Gasteiger partial charge >= 0.3 is 17.9 Å². The van der Waals surface area contributed by atoms with Crippen molar-refractivity contribution in [3.63, 3.8) is 0 Å². The number of rotatable bonds is 5. The largest absolute Gasteiger partial charge is 0.480 e. The minimum Gasteiger partial charge on any atom is -0.480 e. The van der Waals surface area contributed by atoms with Crippen molar-refractivity contribution in [2.45, 2.75) is 26.0 Å². The van der Waals surface area contributed by atoms with Crippen molar-refractivity contribution in [2.75, 3.05) is 0 Å². The van der Waals surface area contributed by atoms with Crippen LogP contribution in [-0.2, 0) is 19.1 Å². The first kappa shape index (κ1) is 14.1. The Morgan fingerprint density at radius 1 is 1.31 bits per heavy atom. The normalized spacial score (nSPS) is 15.1. The van der Waals surface area contributed by atoms with Crippen LogP contribution >= 0.6 is 0 Å². The first-order valence-electron chi connectivity index (χ1n) is 4.36. The molecule has 0 rings (SSSR count). The average molecular weight is 231 g/mol. The summed E-state index contributed by atoms with van der Waals surface area (Å²) in [4.78, 5) is 31.9. The van der Waals surface area contributed by atoms with E-state index in [0.29, 0.717) is 6.08 Å². The van der Waals surface area contributed by atoms with Crippen molar-refractivity contribution in [1.82, 2.24) is 0 Å². The van der Waals surface area contributed by atoms with Crippen LogP contribution in [0.2, 0.25) is 0 Å². The standard InChI is InChI=1S/C9H13NO6/c1-4(3-6(11)12)9(15)16-5(2)7(10)8(13)14/h3,5,7H,10H2,1-2H3,(H,11,12)(H,13,14)/t5-,7+/m1/s1. The molecule has 0 unspecified atom stereocenters. The molecule has 0 spiro atoms. The summed E-state index contributed by atoms with van der Waals surface area (Å²) >= 11 is 0. The third-order valence-electron chi connectivity index (χ3n) is 1.75. The maximum absolute atomic E-state index is 11.2. The highest BCUT2D eigenvalue weighted by Gasteiger charge is 2.24. The number of nitrogens with two attached hydrogens (primary N) is 1. The van der Waals surface area contributed by atoms with Gasteiger partial charge in [0.2, 0.25) is 0 Å². The highest BCUT2D eigenvalue weighted by Crippen LogP contribution is 2.03. The predicted octanol–water partition coefficient (Wildman–Crippen LogP) is -0.639. The molecule has 0 bridgehead atoms. The maximum atomic E-state index is 11.2. The quantitative estimate of drug-likeness (QED) is 0.424. The van der Waals surface area contributed by atoms with Gasteiger partial charge in [-0.15, -0.1) is 0 Å². The summed E-state index contributed by atoms with van der Waals surface area (Å²) in [6, 6.07) is -1.35. The number of carbonyl (C=O) groups excluding carboxylic acids is 1. The second kappa shape index (κ2) is 5.86. The Balaban J connectivity index is 4.46. The van der Waals surface area contributed by atoms with E-state index in [2.05, 4.69) is 4.74 Å². The summed E-state index contributed by atoms with van der Waals surface area (Å²) in [5.74, 6) is -3.50. The van der Waals surface area contributed by atoms with Gasteiger partial charge in [-0.25, -0.2) is 9.59 Å². The van der Waals surface area contributed by atoms with Crippen LogP contribution in [0.5, 0.6) is 0 Å². The molecule has 0 aromatic rings. The summed E-state index contributed by atoms with van der Waals surface area (Å²) < 4.78 is 4.66. The van der Waals surface area contributed by atoms with Crippen LogP contribution in [0.15, 0.2) is 11.6 Å². The van der Waals surface area contributed by atoms with Gasteiger partial charge < -0.3 is 20.7 Å². The Labute approximate surface area is 91.5 Å². The molecule has 7 heteroatoms. The molecule has 4 N–H and O–H groups in total. The smallest absolute Gasteiger partial charge is 0.334 e. The molecule has 7 nitrogen and oxygen atoms in total. The van der Waals surface area contributed by atoms with E-state index in [1.54, 1.807) is 0 Å². The Morgan fingerprint density at radius 2 is 1.81 bits per heavy atom. The van der Waals surface area contributed by atoms with E-state index >= 15 is 0 Å². The number of ether oxygens (including phenoxy) is 1. The van der Waals surface area contributed by atoms with E-state index in [1.807, 2.05) is 0 Å². The number of hydrogen-bond acceptors (Lipinski definition) is 5. The molecule has 0 amide bonds. The fourth-order valence-corrected chi connectivity index (χ4v) is 0.780. The number of carboxylic acids is 2. The molecule has 0 fully saturated rings. The molecule has 0 aliphatic carbocycles. The number of carboxylic acid groups (broad SMARTS) is 2. The van der Waals surface area contributed by atoms with Gasteiger partial charge in [0.15, 0.2) is 0 Å². The van der Waals surface area contributed by atoms with Crippen LogP contribution in [0.1, 0.15) is 13.8 Å². The molecule has 2 atom stereocenters. The van der Waals surface area contributed by atoms with Gasteiger partial charge in [-0.05, 0) is 13.8 Å². The number of aliphatic carboxylic acids is 2. The summed E-state index contributed by atoms with van der Waals surface area (Å²) in [5, 5.41) is 16.9. The van der Waals surface area contributed by atoms with Crippen molar-refractivity contribution >= 4 is 17.9 Å². The zero-order chi connectivity index (χ0) is 12.9. The Morgan fingerprint density at radius 3 is 2.19 bits per heavy atom. The molecule has 16 heavy (non-hydrogen) atoms. The zero-order valence-electron chi connectivity index (χ0n) is 8.84. The van der Waals surface area contributed by atoms with Gasteiger partial charge in [-0.2, -0.15) is 0 Å². The molecule has 0 radical (unpaired) electrons. The molecule has 90 valence electrons. The molecule has 0 aromatic heterocycles. The van der Waals surface area contributed by atoms with E-state index < -0.39 is 30.1 Å². The molecule has 0 saturated carbocycles. The van der Waals surface area contributed by atoms with Crippen molar-refractivity contribution < 1.29 is 29.3 Å². The fourth-order valence-electron chi connectivity index (χ4n) is 0.780. The molecule has 0 saturated heterocycles. The number of carbonyl (C=O) groups is 3. The van der Waals surface area contributed by atoms with Gasteiger partial charge in [0, 0.05) is 11.6 Å². The van der Waals surface area contributed by atoms with Gasteiger partial charge in [-0.3, -0.25) is 4.79 Å². The fraction of sp³-hybridized carbons (Fsp3) is 0.444. The van der Waals surface area contributed by atoms with Crippen molar-refractivity contribution in [2.24, 2.45) is 5.73 Å². The number of esters is 1. The zero-order valence-corrected chi connectivity index (χ0v) is 8.84. The lowest BCUT2D eigenvalue weighted by Gasteiger charge is -2.16. The minimum absolute atomic E-state index is 0.142. The lowest BCUT2D eigenvalue weighted by Crippen LogP contribution is -2.42. The number of hydrogen-bond donors (Lipinski definition) is 3. The van der Waals surface area contributed by atoms with E-state index in [0.717, 1.165) is 0 Å². The highest BCUT2D eigenvalue weighted by atomic mass is 16.5. The topological polar surface area (TPSA) is 127 Å². The van der Waals surface area contributed by atoms with Crippen LogP contribution in [-0.4, -0.2) is 40.3 Å². The molecule has 0 aromatic carbocycles. The lowest BCUT2D eigenvalue weighted by atomic mass is 10.2. The SMILES string of the molecule is CC(=CC(=O)O)C(=O)O[C@H](C)[C@H](N)C(=O)O.